The molecule has 1 fully saturated rings. The van der Waals surface area contributed by atoms with Crippen LogP contribution in [0.4, 0.5) is 4.79 Å². The van der Waals surface area contributed by atoms with Crippen LogP contribution in [0.5, 0.6) is 0 Å². The highest BCUT2D eigenvalue weighted by atomic mass is 16.6. The first-order valence-electron chi connectivity index (χ1n) is 7.65. The van der Waals surface area contributed by atoms with E-state index >= 15 is 0 Å². The summed E-state index contributed by atoms with van der Waals surface area (Å²) in [5, 5.41) is 9.35. The minimum Gasteiger partial charge on any atom is -0.480 e. The van der Waals surface area contributed by atoms with Gasteiger partial charge in [0.15, 0.2) is 0 Å². The molecule has 1 unspecified atom stereocenters. The average Bonchev–Trinajstić information content (AvgIpc) is 2.42. The van der Waals surface area contributed by atoms with Gasteiger partial charge in [0.1, 0.15) is 6.04 Å². The van der Waals surface area contributed by atoms with Crippen LogP contribution in [0.1, 0.15) is 59.3 Å². The summed E-state index contributed by atoms with van der Waals surface area (Å²) in [5.41, 5.74) is 0. The number of aliphatic carboxylic acids is 1. The second kappa shape index (κ2) is 8.12. The molecule has 1 saturated carbocycles. The Morgan fingerprint density at radius 2 is 1.85 bits per heavy atom. The third-order valence-electron chi connectivity index (χ3n) is 3.73. The first-order valence-corrected chi connectivity index (χ1v) is 7.65. The number of rotatable bonds is 6. The lowest BCUT2D eigenvalue weighted by molar-refractivity contribution is -0.144. The Labute approximate surface area is 121 Å². The topological polar surface area (TPSA) is 66.8 Å². The Morgan fingerprint density at radius 3 is 2.30 bits per heavy atom. The fourth-order valence-electron chi connectivity index (χ4n) is 2.69. The molecule has 0 heterocycles. The number of carboxylic acid groups (broad SMARTS) is 1. The lowest BCUT2D eigenvalue weighted by Crippen LogP contribution is -2.51. The molecule has 0 aromatic carbocycles. The van der Waals surface area contributed by atoms with E-state index in [2.05, 4.69) is 0 Å². The van der Waals surface area contributed by atoms with Crippen molar-refractivity contribution < 1.29 is 19.4 Å². The van der Waals surface area contributed by atoms with Crippen LogP contribution in [-0.2, 0) is 9.53 Å². The van der Waals surface area contributed by atoms with Crippen molar-refractivity contribution in [3.05, 3.63) is 0 Å². The third-order valence-corrected chi connectivity index (χ3v) is 3.73. The normalized spacial score (nSPS) is 17.8. The van der Waals surface area contributed by atoms with Gasteiger partial charge >= 0.3 is 12.1 Å². The molecule has 5 nitrogen and oxygen atoms in total. The van der Waals surface area contributed by atoms with Crippen molar-refractivity contribution in [2.24, 2.45) is 5.92 Å². The Morgan fingerprint density at radius 1 is 1.25 bits per heavy atom. The highest BCUT2D eigenvalue weighted by Crippen LogP contribution is 2.26. The Kier molecular flexibility index (Phi) is 6.82. The molecule has 116 valence electrons. The third kappa shape index (κ3) is 4.69. The molecule has 1 rings (SSSR count). The summed E-state index contributed by atoms with van der Waals surface area (Å²) in [6.07, 6.45) is 4.95. The lowest BCUT2D eigenvalue weighted by Gasteiger charge is -2.37. The summed E-state index contributed by atoms with van der Waals surface area (Å²) in [6, 6.07) is -0.776. The SMILES string of the molecule is CCC(C(=O)O)N(C(=O)OCC(C)C)C1CCCCC1. The minimum absolute atomic E-state index is 0.00413. The zero-order valence-corrected chi connectivity index (χ0v) is 12.8. The number of nitrogens with zero attached hydrogens (tertiary/aromatic N) is 1. The summed E-state index contributed by atoms with van der Waals surface area (Å²) in [5.74, 6) is -0.698. The Balaban J connectivity index is 2.81. The highest BCUT2D eigenvalue weighted by molar-refractivity contribution is 5.80. The van der Waals surface area contributed by atoms with Crippen molar-refractivity contribution in [1.29, 1.82) is 0 Å². The van der Waals surface area contributed by atoms with Crippen LogP contribution in [0.25, 0.3) is 0 Å². The van der Waals surface area contributed by atoms with Crippen molar-refractivity contribution in [2.75, 3.05) is 6.61 Å². The molecule has 0 aliphatic heterocycles. The molecule has 0 bridgehead atoms. The standard InChI is InChI=1S/C15H27NO4/c1-4-13(14(17)18)16(12-8-6-5-7-9-12)15(19)20-10-11(2)3/h11-13H,4-10H2,1-3H3,(H,17,18). The van der Waals surface area contributed by atoms with E-state index < -0.39 is 18.1 Å². The van der Waals surface area contributed by atoms with Gasteiger partial charge in [-0.15, -0.1) is 0 Å². The van der Waals surface area contributed by atoms with Crippen LogP contribution in [0, 0.1) is 5.92 Å². The van der Waals surface area contributed by atoms with E-state index in [1.165, 1.54) is 4.90 Å². The minimum atomic E-state index is -0.945. The molecule has 1 atom stereocenters. The molecular formula is C15H27NO4. The summed E-state index contributed by atoms with van der Waals surface area (Å²) in [4.78, 5) is 25.2. The zero-order chi connectivity index (χ0) is 15.1. The van der Waals surface area contributed by atoms with Gasteiger partial charge in [0, 0.05) is 6.04 Å². The van der Waals surface area contributed by atoms with Crippen molar-refractivity contribution in [3.8, 4) is 0 Å². The first kappa shape index (κ1) is 16.8. The van der Waals surface area contributed by atoms with Gasteiger partial charge in [-0.05, 0) is 25.2 Å². The van der Waals surface area contributed by atoms with Crippen molar-refractivity contribution in [1.82, 2.24) is 4.90 Å². The van der Waals surface area contributed by atoms with Crippen LogP contribution < -0.4 is 0 Å². The fraction of sp³-hybridized carbons (Fsp3) is 0.867. The molecule has 5 heteroatoms. The van der Waals surface area contributed by atoms with Gasteiger partial charge in [0.25, 0.3) is 0 Å². The molecule has 0 radical (unpaired) electrons. The van der Waals surface area contributed by atoms with Gasteiger partial charge in [0.2, 0.25) is 0 Å². The number of carbonyl (C=O) groups excluding carboxylic acids is 1. The summed E-state index contributed by atoms with van der Waals surface area (Å²) < 4.78 is 5.28. The molecule has 0 aromatic heterocycles. The zero-order valence-electron chi connectivity index (χ0n) is 12.8. The largest absolute Gasteiger partial charge is 0.480 e. The molecule has 1 aliphatic carbocycles. The second-order valence-electron chi connectivity index (χ2n) is 5.93. The Hall–Kier alpha value is -1.26. The quantitative estimate of drug-likeness (QED) is 0.813. The molecule has 1 aliphatic rings. The number of hydrogen-bond donors (Lipinski definition) is 1. The van der Waals surface area contributed by atoms with Gasteiger partial charge < -0.3 is 9.84 Å². The van der Waals surface area contributed by atoms with E-state index in [4.69, 9.17) is 4.74 Å². The van der Waals surface area contributed by atoms with Crippen LogP contribution in [-0.4, -0.2) is 40.8 Å². The molecule has 0 saturated heterocycles. The van der Waals surface area contributed by atoms with E-state index in [-0.39, 0.29) is 12.0 Å². The highest BCUT2D eigenvalue weighted by Gasteiger charge is 2.35. The first-order chi connectivity index (χ1) is 9.47. The predicted molar refractivity (Wildman–Crippen MR) is 76.6 cm³/mol. The van der Waals surface area contributed by atoms with Crippen LogP contribution >= 0.6 is 0 Å². The number of hydrogen-bond acceptors (Lipinski definition) is 3. The predicted octanol–water partition coefficient (Wildman–Crippen LogP) is 3.28. The van der Waals surface area contributed by atoms with Gasteiger partial charge in [-0.3, -0.25) is 4.90 Å². The maximum atomic E-state index is 12.3. The van der Waals surface area contributed by atoms with E-state index in [1.807, 2.05) is 13.8 Å². The maximum absolute atomic E-state index is 12.3. The fourth-order valence-corrected chi connectivity index (χ4v) is 2.69. The van der Waals surface area contributed by atoms with Crippen LogP contribution in [0.2, 0.25) is 0 Å². The van der Waals surface area contributed by atoms with E-state index in [9.17, 15) is 14.7 Å². The van der Waals surface area contributed by atoms with Crippen molar-refractivity contribution in [3.63, 3.8) is 0 Å². The Bertz CT molecular complexity index is 324. The van der Waals surface area contributed by atoms with E-state index in [0.717, 1.165) is 32.1 Å². The molecule has 20 heavy (non-hydrogen) atoms. The summed E-state index contributed by atoms with van der Waals surface area (Å²) >= 11 is 0. The number of carbonyl (C=O) groups is 2. The molecule has 1 amide bonds. The summed E-state index contributed by atoms with van der Waals surface area (Å²) in [7, 11) is 0. The van der Waals surface area contributed by atoms with Gasteiger partial charge in [0.05, 0.1) is 6.61 Å². The molecule has 0 spiro atoms. The number of carboxylic acids is 1. The number of ether oxygens (including phenoxy) is 1. The van der Waals surface area contributed by atoms with Crippen molar-refractivity contribution in [2.45, 2.75) is 71.4 Å². The lowest BCUT2D eigenvalue weighted by atomic mass is 9.93. The van der Waals surface area contributed by atoms with Crippen LogP contribution in [0.15, 0.2) is 0 Å². The van der Waals surface area contributed by atoms with E-state index in [0.29, 0.717) is 13.0 Å². The average molecular weight is 285 g/mol. The van der Waals surface area contributed by atoms with Crippen molar-refractivity contribution >= 4 is 12.1 Å². The summed E-state index contributed by atoms with van der Waals surface area (Å²) in [6.45, 7) is 6.06. The molecule has 0 aromatic rings. The second-order valence-corrected chi connectivity index (χ2v) is 5.93. The van der Waals surface area contributed by atoms with Gasteiger partial charge in [-0.1, -0.05) is 40.0 Å². The smallest absolute Gasteiger partial charge is 0.410 e. The van der Waals surface area contributed by atoms with Gasteiger partial charge in [-0.2, -0.15) is 0 Å². The molecular weight excluding hydrogens is 258 g/mol. The monoisotopic (exact) mass is 285 g/mol. The van der Waals surface area contributed by atoms with Crippen LogP contribution in [0.3, 0.4) is 0 Å². The maximum Gasteiger partial charge on any atom is 0.410 e. The number of amides is 1. The molecule has 1 N–H and O–H groups in total. The van der Waals surface area contributed by atoms with Gasteiger partial charge in [-0.25, -0.2) is 9.59 Å². The van der Waals surface area contributed by atoms with E-state index in [1.54, 1.807) is 6.92 Å².